The summed E-state index contributed by atoms with van der Waals surface area (Å²) in [7, 11) is -9.89. The van der Waals surface area contributed by atoms with Gasteiger partial charge in [-0.15, -0.1) is 20.5 Å². The molecule has 2 aromatic carbocycles. The van der Waals surface area contributed by atoms with Crippen LogP contribution in [0.15, 0.2) is 128 Å². The fraction of sp³-hybridized carbons (Fsp3) is 0.200. The largest absolute Gasteiger partial charge is 2.00 e. The van der Waals surface area contributed by atoms with Crippen LogP contribution in [0.4, 0.5) is 5.82 Å². The number of nitrogens with zero attached hydrogens (tertiary/aromatic N) is 5. The maximum atomic E-state index is 9.44. The summed E-state index contributed by atoms with van der Waals surface area (Å²) >= 11 is 0. The number of carbonyl (C=O) groups is 1. The van der Waals surface area contributed by atoms with Crippen LogP contribution in [0.1, 0.15) is 42.1 Å². The van der Waals surface area contributed by atoms with Crippen molar-refractivity contribution in [3.63, 3.8) is 0 Å². The Morgan fingerprint density at radius 2 is 0.868 bits per heavy atom. The molecular weight excluding hydrogens is 785 g/mol. The van der Waals surface area contributed by atoms with Crippen LogP contribution in [-0.4, -0.2) is 25.6 Å². The molecular formula is C35H40Cl2CuN5O10+. The molecule has 5 aromatic rings. The number of halogens is 2. The Labute approximate surface area is 322 Å². The van der Waals surface area contributed by atoms with Gasteiger partial charge in [-0.3, -0.25) is 14.9 Å². The van der Waals surface area contributed by atoms with Crippen LogP contribution in [0, 0.1) is 20.5 Å². The summed E-state index contributed by atoms with van der Waals surface area (Å²) < 4.78 is 67.9. The van der Waals surface area contributed by atoms with Gasteiger partial charge in [0, 0.05) is 45.1 Å². The van der Waals surface area contributed by atoms with Crippen molar-refractivity contribution in [1.82, 2.24) is 19.9 Å². The molecule has 0 unspecified atom stereocenters. The Bertz CT molecular complexity index is 1570. The molecule has 0 amide bonds. The van der Waals surface area contributed by atoms with Crippen molar-refractivity contribution in [2.24, 2.45) is 0 Å². The Hall–Kier alpha value is -3.94. The van der Waals surface area contributed by atoms with E-state index in [1.165, 1.54) is 25.0 Å². The van der Waals surface area contributed by atoms with Gasteiger partial charge >= 0.3 is 17.1 Å². The average molecular weight is 825 g/mol. The summed E-state index contributed by atoms with van der Waals surface area (Å²) in [5.74, 6) is 1.14. The van der Waals surface area contributed by atoms with Crippen LogP contribution in [0.5, 0.6) is 0 Å². The van der Waals surface area contributed by atoms with Crippen LogP contribution >= 0.6 is 0 Å². The van der Waals surface area contributed by atoms with Crippen LogP contribution in [0.2, 0.25) is 0 Å². The quantitative estimate of drug-likeness (QED) is 0.0921. The zero-order valence-electron chi connectivity index (χ0n) is 28.7. The number of anilines is 1. The molecule has 3 N–H and O–H groups in total. The van der Waals surface area contributed by atoms with E-state index in [0.717, 1.165) is 49.1 Å². The third kappa shape index (κ3) is 26.5. The molecule has 0 saturated heterocycles. The van der Waals surface area contributed by atoms with Gasteiger partial charge in [-0.05, 0) is 61.4 Å². The van der Waals surface area contributed by atoms with Gasteiger partial charge in [-0.1, -0.05) is 78.9 Å². The standard InChI is InChI=1S/C32H31N5.C3H6O.2ClHO4.Cu.H2O/c1-3-12-27(13-4-1)22-37(23-28-14-5-2-6-15-28)32-19-11-18-31(35-32)26-36(24-29-16-7-9-20-33-29)25-30-17-8-10-21-34-30;1-3(2)4;2*2-1(3,4)5;;/h1-21H,22-26H2;1-2H3;2*(H,2,3,4,5);;1H2/q;;;;+2;/p-1. The van der Waals surface area contributed by atoms with Gasteiger partial charge in [-0.25, -0.2) is 42.3 Å². The summed E-state index contributed by atoms with van der Waals surface area (Å²) in [6.45, 7) is 6.78. The van der Waals surface area contributed by atoms with E-state index >= 15 is 0 Å². The fourth-order valence-electron chi connectivity index (χ4n) is 4.39. The molecule has 0 aliphatic carbocycles. The number of pyridine rings is 3. The smallest absolute Gasteiger partial charge is 0.457 e. The molecule has 0 bridgehead atoms. The first kappa shape index (κ1) is 49.1. The number of hydrogen-bond donors (Lipinski definition) is 0. The van der Waals surface area contributed by atoms with Crippen LogP contribution in [0.25, 0.3) is 0 Å². The summed E-state index contributed by atoms with van der Waals surface area (Å²) in [4.78, 5) is 28.4. The van der Waals surface area contributed by atoms with Crippen LogP contribution in [0.3, 0.4) is 0 Å². The maximum Gasteiger partial charge on any atom is 2.00 e. The summed E-state index contributed by atoms with van der Waals surface area (Å²) in [5.41, 5.74) is 5.61. The van der Waals surface area contributed by atoms with E-state index < -0.39 is 20.5 Å². The molecule has 0 fully saturated rings. The third-order valence-corrected chi connectivity index (χ3v) is 6.16. The number of Topliss-reactive ketones (excluding diaryl/α,β-unsaturated/α-hetero) is 1. The predicted molar refractivity (Wildman–Crippen MR) is 170 cm³/mol. The number of carbonyl (C=O) groups excluding carboxylic acids is 1. The molecule has 0 atom stereocenters. The molecule has 3 heterocycles. The molecule has 3 aromatic heterocycles. The van der Waals surface area contributed by atoms with Crippen molar-refractivity contribution in [3.8, 4) is 0 Å². The van der Waals surface area contributed by atoms with E-state index in [9.17, 15) is 4.79 Å². The second kappa shape index (κ2) is 25.9. The Morgan fingerprint density at radius 3 is 1.23 bits per heavy atom. The Balaban J connectivity index is 0.00000145. The molecule has 53 heavy (non-hydrogen) atoms. The van der Waals surface area contributed by atoms with E-state index in [1.807, 2.05) is 36.7 Å². The van der Waals surface area contributed by atoms with Gasteiger partial charge in [0.05, 0.1) is 17.1 Å². The molecule has 18 heteroatoms. The van der Waals surface area contributed by atoms with E-state index in [-0.39, 0.29) is 28.3 Å². The topological polar surface area (TPSA) is 280 Å². The molecule has 0 saturated carbocycles. The van der Waals surface area contributed by atoms with Gasteiger partial charge in [0.1, 0.15) is 11.6 Å². The van der Waals surface area contributed by atoms with E-state index in [2.05, 4.69) is 111 Å². The number of aromatic nitrogens is 3. The van der Waals surface area contributed by atoms with Crippen LogP contribution < -0.4 is 42.2 Å². The zero-order chi connectivity index (χ0) is 37.7. The summed E-state index contributed by atoms with van der Waals surface area (Å²) in [5, 5.41) is 0. The third-order valence-electron chi connectivity index (χ3n) is 6.16. The van der Waals surface area contributed by atoms with Crippen LogP contribution in [-0.2, 0) is 60.1 Å². The molecule has 1 radical (unpaired) electrons. The number of rotatable bonds is 11. The van der Waals surface area contributed by atoms with E-state index in [1.54, 1.807) is 0 Å². The summed E-state index contributed by atoms with van der Waals surface area (Å²) in [6, 6.07) is 39.6. The van der Waals surface area contributed by atoms with Crippen molar-refractivity contribution in [2.75, 3.05) is 4.90 Å². The molecule has 15 nitrogen and oxygen atoms in total. The number of hydrogen-bond acceptors (Lipinski definition) is 14. The summed E-state index contributed by atoms with van der Waals surface area (Å²) in [6.07, 6.45) is 3.69. The number of ketones is 1. The molecule has 0 aliphatic heterocycles. The maximum absolute atomic E-state index is 9.44. The minimum absolute atomic E-state index is 0. The van der Waals surface area contributed by atoms with E-state index in [4.69, 9.17) is 42.3 Å². The second-order valence-corrected chi connectivity index (χ2v) is 12.3. The van der Waals surface area contributed by atoms with Gasteiger partial charge < -0.3 is 15.2 Å². The number of benzene rings is 2. The molecule has 0 aliphatic rings. The average Bonchev–Trinajstić information content (AvgIpc) is 3.05. The van der Waals surface area contributed by atoms with Gasteiger partial charge in [0.25, 0.3) is 0 Å². The van der Waals surface area contributed by atoms with Gasteiger partial charge in [-0.2, -0.15) is 0 Å². The van der Waals surface area contributed by atoms with Crippen molar-refractivity contribution >= 4 is 11.6 Å². The minimum Gasteiger partial charge on any atom is -0.457 e. The minimum atomic E-state index is -4.94. The molecule has 0 spiro atoms. The van der Waals surface area contributed by atoms with Crippen molar-refractivity contribution in [2.45, 2.75) is 46.6 Å². The van der Waals surface area contributed by atoms with Gasteiger partial charge in [0.2, 0.25) is 0 Å². The SMILES string of the molecule is CC(C)=O.[Cu+2].[O-][Cl+3]([O-])([O-])[O-].[O-][Cl+3]([O-])([O-])[O-].[OH3+].c1ccc(CN(Cc2ccccc2)c2cccc(CN(Cc3ccccn3)Cc3ccccn3)n2)cc1. The zero-order valence-corrected chi connectivity index (χ0v) is 31.2. The molecule has 289 valence electrons. The van der Waals surface area contributed by atoms with Crippen molar-refractivity contribution < 1.29 is 85.1 Å². The second-order valence-electron chi connectivity index (χ2n) is 10.8. The molecule has 5 rings (SSSR count). The fourth-order valence-corrected chi connectivity index (χ4v) is 4.39. The monoisotopic (exact) mass is 823 g/mol. The Kier molecular flexibility index (Phi) is 24.0. The first-order valence-electron chi connectivity index (χ1n) is 15.1. The van der Waals surface area contributed by atoms with Gasteiger partial charge in [0.15, 0.2) is 0 Å². The normalized spacial score (nSPS) is 10.4. The Morgan fingerprint density at radius 1 is 0.528 bits per heavy atom. The first-order chi connectivity index (χ1) is 24.0. The van der Waals surface area contributed by atoms with Crippen molar-refractivity contribution in [1.29, 1.82) is 0 Å². The van der Waals surface area contributed by atoms with Crippen molar-refractivity contribution in [3.05, 3.63) is 156 Å². The first-order valence-corrected chi connectivity index (χ1v) is 17.5. The van der Waals surface area contributed by atoms with E-state index in [0.29, 0.717) is 6.54 Å². The predicted octanol–water partition coefficient (Wildman–Crippen LogP) is -3.56.